The third kappa shape index (κ3) is 3.91. The Kier molecular flexibility index (Phi) is 4.70. The summed E-state index contributed by atoms with van der Waals surface area (Å²) < 4.78 is 13.1. The molecule has 0 saturated carbocycles. The molecule has 0 unspecified atom stereocenters. The molecule has 0 spiro atoms. The van der Waals surface area contributed by atoms with Crippen molar-refractivity contribution in [3.63, 3.8) is 0 Å². The first-order chi connectivity index (χ1) is 10.1. The van der Waals surface area contributed by atoms with Crippen LogP contribution in [-0.2, 0) is 0 Å². The Bertz CT molecular complexity index is 729. The van der Waals surface area contributed by atoms with Crippen LogP contribution in [0, 0.1) is 24.6 Å². The van der Waals surface area contributed by atoms with E-state index < -0.39 is 5.82 Å². The fourth-order valence-corrected chi connectivity index (χ4v) is 1.87. The number of carbonyl (C=O) groups excluding carboxylic acids is 1. The Hall–Kier alpha value is -2.64. The minimum Gasteiger partial charge on any atom is -0.322 e. The van der Waals surface area contributed by atoms with Crippen molar-refractivity contribution in [3.8, 4) is 11.8 Å². The van der Waals surface area contributed by atoms with Crippen LogP contribution in [0.4, 0.5) is 10.1 Å². The number of nitrogens with two attached hydrogens (primary N) is 1. The standard InChI is InChI=1S/C17H15FN2O/c1-12-7-8-13(4-3-9-19)16(10-12)17(21)20-15-6-2-5-14(18)11-15/h2,5-8,10-11H,9,19H2,1H3,(H,20,21). The Balaban J connectivity index is 2.32. The molecule has 3 nitrogen and oxygen atoms in total. The maximum absolute atomic E-state index is 13.1. The second-order valence-electron chi connectivity index (χ2n) is 4.52. The van der Waals surface area contributed by atoms with E-state index in [9.17, 15) is 9.18 Å². The number of amides is 1. The van der Waals surface area contributed by atoms with Crippen LogP contribution in [0.15, 0.2) is 42.5 Å². The largest absolute Gasteiger partial charge is 0.322 e. The van der Waals surface area contributed by atoms with Crippen molar-refractivity contribution in [1.29, 1.82) is 0 Å². The van der Waals surface area contributed by atoms with Crippen LogP contribution in [0.3, 0.4) is 0 Å². The molecule has 0 aromatic heterocycles. The van der Waals surface area contributed by atoms with Crippen LogP contribution in [0.25, 0.3) is 0 Å². The number of carbonyl (C=O) groups is 1. The summed E-state index contributed by atoms with van der Waals surface area (Å²) in [6.07, 6.45) is 0. The number of halogens is 1. The molecule has 0 bridgehead atoms. The summed E-state index contributed by atoms with van der Waals surface area (Å²) in [4.78, 5) is 12.3. The first-order valence-electron chi connectivity index (χ1n) is 6.46. The zero-order valence-corrected chi connectivity index (χ0v) is 11.6. The lowest BCUT2D eigenvalue weighted by Crippen LogP contribution is -2.14. The van der Waals surface area contributed by atoms with Gasteiger partial charge in [0.25, 0.3) is 5.91 Å². The molecular formula is C17H15FN2O. The van der Waals surface area contributed by atoms with E-state index in [4.69, 9.17) is 5.73 Å². The normalized spacial score (nSPS) is 9.67. The monoisotopic (exact) mass is 282 g/mol. The number of hydrogen-bond donors (Lipinski definition) is 2. The van der Waals surface area contributed by atoms with Gasteiger partial charge in [0.1, 0.15) is 5.82 Å². The number of benzene rings is 2. The lowest BCUT2D eigenvalue weighted by atomic mass is 10.0. The van der Waals surface area contributed by atoms with Gasteiger partial charge in [0.2, 0.25) is 0 Å². The van der Waals surface area contributed by atoms with Crippen LogP contribution < -0.4 is 11.1 Å². The minimum absolute atomic E-state index is 0.221. The third-order valence-electron chi connectivity index (χ3n) is 2.83. The predicted molar refractivity (Wildman–Crippen MR) is 81.5 cm³/mol. The molecule has 21 heavy (non-hydrogen) atoms. The number of anilines is 1. The average molecular weight is 282 g/mol. The molecule has 0 fully saturated rings. The van der Waals surface area contributed by atoms with E-state index in [0.29, 0.717) is 16.8 Å². The van der Waals surface area contributed by atoms with Crippen LogP contribution in [-0.4, -0.2) is 12.5 Å². The van der Waals surface area contributed by atoms with E-state index in [0.717, 1.165) is 5.56 Å². The molecule has 0 heterocycles. The number of nitrogens with one attached hydrogen (secondary N) is 1. The zero-order valence-electron chi connectivity index (χ0n) is 11.6. The summed E-state index contributed by atoms with van der Waals surface area (Å²) in [6, 6.07) is 11.1. The van der Waals surface area contributed by atoms with Crippen LogP contribution in [0.2, 0.25) is 0 Å². The summed E-state index contributed by atoms with van der Waals surface area (Å²) in [7, 11) is 0. The number of hydrogen-bond acceptors (Lipinski definition) is 2. The van der Waals surface area contributed by atoms with Crippen molar-refractivity contribution in [2.75, 3.05) is 11.9 Å². The van der Waals surface area contributed by atoms with E-state index in [1.54, 1.807) is 18.2 Å². The fourth-order valence-electron chi connectivity index (χ4n) is 1.87. The van der Waals surface area contributed by atoms with Gasteiger partial charge in [0, 0.05) is 11.3 Å². The van der Waals surface area contributed by atoms with Crippen LogP contribution >= 0.6 is 0 Å². The molecule has 4 heteroatoms. The molecule has 0 atom stereocenters. The molecule has 2 aromatic carbocycles. The SMILES string of the molecule is Cc1ccc(C#CCN)c(C(=O)Nc2cccc(F)c2)c1. The summed E-state index contributed by atoms with van der Waals surface area (Å²) in [5.74, 6) is 4.87. The summed E-state index contributed by atoms with van der Waals surface area (Å²) in [6.45, 7) is 2.11. The maximum Gasteiger partial charge on any atom is 0.256 e. The van der Waals surface area contributed by atoms with E-state index in [1.165, 1.54) is 18.2 Å². The van der Waals surface area contributed by atoms with Gasteiger partial charge in [-0.25, -0.2) is 4.39 Å². The van der Waals surface area contributed by atoms with Gasteiger partial charge >= 0.3 is 0 Å². The molecule has 0 aliphatic carbocycles. The molecule has 0 aliphatic rings. The van der Waals surface area contributed by atoms with Crippen molar-refractivity contribution in [2.24, 2.45) is 5.73 Å². The van der Waals surface area contributed by atoms with Gasteiger partial charge in [-0.3, -0.25) is 4.79 Å². The van der Waals surface area contributed by atoms with Gasteiger partial charge in [0.15, 0.2) is 0 Å². The van der Waals surface area contributed by atoms with E-state index >= 15 is 0 Å². The Labute approximate surface area is 123 Å². The molecule has 0 saturated heterocycles. The van der Waals surface area contributed by atoms with E-state index in [-0.39, 0.29) is 12.5 Å². The highest BCUT2D eigenvalue weighted by Crippen LogP contribution is 2.15. The molecule has 2 rings (SSSR count). The molecule has 106 valence electrons. The van der Waals surface area contributed by atoms with Crippen molar-refractivity contribution >= 4 is 11.6 Å². The number of aryl methyl sites for hydroxylation is 1. The highest BCUT2D eigenvalue weighted by atomic mass is 19.1. The Morgan fingerprint density at radius 3 is 2.81 bits per heavy atom. The molecule has 0 radical (unpaired) electrons. The maximum atomic E-state index is 13.1. The van der Waals surface area contributed by atoms with Crippen molar-refractivity contribution in [3.05, 3.63) is 65.0 Å². The summed E-state index contributed by atoms with van der Waals surface area (Å²) >= 11 is 0. The van der Waals surface area contributed by atoms with Gasteiger partial charge in [-0.2, -0.15) is 0 Å². The van der Waals surface area contributed by atoms with E-state index in [2.05, 4.69) is 17.2 Å². The lowest BCUT2D eigenvalue weighted by Gasteiger charge is -2.08. The Morgan fingerprint density at radius 1 is 1.29 bits per heavy atom. The molecular weight excluding hydrogens is 267 g/mol. The van der Waals surface area contributed by atoms with Crippen molar-refractivity contribution in [1.82, 2.24) is 0 Å². The second-order valence-corrected chi connectivity index (χ2v) is 4.52. The minimum atomic E-state index is -0.403. The molecule has 2 aromatic rings. The number of rotatable bonds is 2. The van der Waals surface area contributed by atoms with Crippen molar-refractivity contribution < 1.29 is 9.18 Å². The lowest BCUT2D eigenvalue weighted by molar-refractivity contribution is 0.102. The highest BCUT2D eigenvalue weighted by Gasteiger charge is 2.11. The van der Waals surface area contributed by atoms with Crippen LogP contribution in [0.5, 0.6) is 0 Å². The first-order valence-corrected chi connectivity index (χ1v) is 6.46. The first kappa shape index (κ1) is 14.8. The molecule has 0 aliphatic heterocycles. The van der Waals surface area contributed by atoms with Gasteiger partial charge in [0.05, 0.1) is 12.1 Å². The van der Waals surface area contributed by atoms with Crippen molar-refractivity contribution in [2.45, 2.75) is 6.92 Å². The molecule has 1 amide bonds. The average Bonchev–Trinajstić information content (AvgIpc) is 2.46. The summed E-state index contributed by atoms with van der Waals surface area (Å²) in [5.41, 5.74) is 7.74. The Morgan fingerprint density at radius 2 is 2.10 bits per heavy atom. The zero-order chi connectivity index (χ0) is 15.2. The van der Waals surface area contributed by atoms with E-state index in [1.807, 2.05) is 13.0 Å². The van der Waals surface area contributed by atoms with Gasteiger partial charge in [-0.15, -0.1) is 0 Å². The quantitative estimate of drug-likeness (QED) is 0.832. The fraction of sp³-hybridized carbons (Fsp3) is 0.118. The third-order valence-corrected chi connectivity index (χ3v) is 2.83. The topological polar surface area (TPSA) is 55.1 Å². The second kappa shape index (κ2) is 6.69. The predicted octanol–water partition coefficient (Wildman–Crippen LogP) is 2.70. The smallest absolute Gasteiger partial charge is 0.256 e. The summed E-state index contributed by atoms with van der Waals surface area (Å²) in [5, 5.41) is 2.67. The van der Waals surface area contributed by atoms with Gasteiger partial charge in [-0.1, -0.05) is 29.5 Å². The van der Waals surface area contributed by atoms with Gasteiger partial charge < -0.3 is 11.1 Å². The highest BCUT2D eigenvalue weighted by molar-refractivity contribution is 6.06. The molecule has 3 N–H and O–H groups in total. The van der Waals surface area contributed by atoms with Crippen LogP contribution in [0.1, 0.15) is 21.5 Å². The van der Waals surface area contributed by atoms with Gasteiger partial charge in [-0.05, 0) is 37.3 Å².